The number of hydrogen-bond acceptors (Lipinski definition) is 2. The molecule has 0 heterocycles. The van der Waals surface area contributed by atoms with Gasteiger partial charge in [0, 0.05) is 5.69 Å². The van der Waals surface area contributed by atoms with Gasteiger partial charge in [-0.25, -0.2) is 4.79 Å². The molecule has 0 aliphatic heterocycles. The fraction of sp³-hybridized carbons (Fsp3) is 0.0714. The zero-order chi connectivity index (χ0) is 12.4. The van der Waals surface area contributed by atoms with Crippen LogP contribution in [0.3, 0.4) is 0 Å². The minimum atomic E-state index is -0.964. The van der Waals surface area contributed by atoms with Crippen molar-refractivity contribution in [2.24, 2.45) is 0 Å². The maximum Gasteiger partial charge on any atom is 0.336 e. The summed E-state index contributed by atoms with van der Waals surface area (Å²) in [5, 5.41) is 9.17. The molecule has 0 aromatic heterocycles. The minimum Gasteiger partial charge on any atom is -0.478 e. The summed E-state index contributed by atoms with van der Waals surface area (Å²) in [4.78, 5) is 11.2. The number of aromatic carboxylic acids is 1. The van der Waals surface area contributed by atoms with Gasteiger partial charge in [0.05, 0.1) is 5.56 Å². The first-order valence-corrected chi connectivity index (χ1v) is 5.28. The van der Waals surface area contributed by atoms with Crippen molar-refractivity contribution in [1.82, 2.24) is 0 Å². The van der Waals surface area contributed by atoms with Crippen LogP contribution in [0.1, 0.15) is 15.9 Å². The Morgan fingerprint density at radius 1 is 1.18 bits per heavy atom. The van der Waals surface area contributed by atoms with Crippen molar-refractivity contribution in [3.63, 3.8) is 0 Å². The molecule has 86 valence electrons. The molecule has 2 aromatic rings. The SMILES string of the molecule is Cc1cccc(-c2ccc(N)cc2C(=O)O)c1. The molecule has 3 N–H and O–H groups in total. The molecule has 0 unspecified atom stereocenters. The van der Waals surface area contributed by atoms with E-state index in [1.807, 2.05) is 31.2 Å². The fourth-order valence-electron chi connectivity index (χ4n) is 1.80. The number of anilines is 1. The maximum atomic E-state index is 11.2. The van der Waals surface area contributed by atoms with Gasteiger partial charge in [-0.1, -0.05) is 35.9 Å². The van der Waals surface area contributed by atoms with Crippen molar-refractivity contribution in [1.29, 1.82) is 0 Å². The van der Waals surface area contributed by atoms with Gasteiger partial charge < -0.3 is 10.8 Å². The number of hydrogen-bond donors (Lipinski definition) is 2. The van der Waals surface area contributed by atoms with E-state index >= 15 is 0 Å². The van der Waals surface area contributed by atoms with Gasteiger partial charge >= 0.3 is 5.97 Å². The molecule has 3 heteroatoms. The molecule has 0 aliphatic rings. The first kappa shape index (κ1) is 11.2. The zero-order valence-corrected chi connectivity index (χ0v) is 9.47. The second-order valence-electron chi connectivity index (χ2n) is 3.98. The minimum absolute atomic E-state index is 0.232. The van der Waals surface area contributed by atoms with E-state index < -0.39 is 5.97 Å². The molecule has 2 aromatic carbocycles. The second kappa shape index (κ2) is 4.29. The van der Waals surface area contributed by atoms with Crippen LogP contribution in [0.15, 0.2) is 42.5 Å². The van der Waals surface area contributed by atoms with Crippen molar-refractivity contribution in [3.05, 3.63) is 53.6 Å². The summed E-state index contributed by atoms with van der Waals surface area (Å²) in [7, 11) is 0. The third-order valence-corrected chi connectivity index (χ3v) is 2.60. The maximum absolute atomic E-state index is 11.2. The van der Waals surface area contributed by atoms with Crippen LogP contribution in [0.5, 0.6) is 0 Å². The van der Waals surface area contributed by atoms with Crippen molar-refractivity contribution >= 4 is 11.7 Å². The third kappa shape index (κ3) is 2.28. The van der Waals surface area contributed by atoms with Crippen molar-refractivity contribution < 1.29 is 9.90 Å². The van der Waals surface area contributed by atoms with Crippen LogP contribution in [0.25, 0.3) is 11.1 Å². The molecule has 0 spiro atoms. The summed E-state index contributed by atoms with van der Waals surface area (Å²) in [5.41, 5.74) is 8.97. The monoisotopic (exact) mass is 227 g/mol. The highest BCUT2D eigenvalue weighted by Gasteiger charge is 2.11. The predicted molar refractivity (Wildman–Crippen MR) is 68.0 cm³/mol. The Kier molecular flexibility index (Phi) is 2.83. The Balaban J connectivity index is 2.63. The zero-order valence-electron chi connectivity index (χ0n) is 9.47. The Morgan fingerprint density at radius 3 is 2.59 bits per heavy atom. The molecule has 0 saturated carbocycles. The lowest BCUT2D eigenvalue weighted by atomic mass is 9.98. The first-order chi connectivity index (χ1) is 8.08. The number of rotatable bonds is 2. The summed E-state index contributed by atoms with van der Waals surface area (Å²) in [6.45, 7) is 1.97. The molecule has 3 nitrogen and oxygen atoms in total. The van der Waals surface area contributed by atoms with Crippen LogP contribution in [-0.4, -0.2) is 11.1 Å². The normalized spacial score (nSPS) is 10.2. The Labute approximate surface area is 99.5 Å². The molecule has 0 aliphatic carbocycles. The lowest BCUT2D eigenvalue weighted by molar-refractivity contribution is 0.0698. The van der Waals surface area contributed by atoms with Crippen LogP contribution < -0.4 is 5.73 Å². The lowest BCUT2D eigenvalue weighted by Crippen LogP contribution is -2.01. The highest BCUT2D eigenvalue weighted by atomic mass is 16.4. The number of carboxylic acid groups (broad SMARTS) is 1. The Morgan fingerprint density at radius 2 is 1.94 bits per heavy atom. The molecule has 0 atom stereocenters. The van der Waals surface area contributed by atoms with E-state index in [-0.39, 0.29) is 5.56 Å². The summed E-state index contributed by atoms with van der Waals surface area (Å²) in [5.74, 6) is -0.964. The molecule has 0 fully saturated rings. The first-order valence-electron chi connectivity index (χ1n) is 5.28. The lowest BCUT2D eigenvalue weighted by Gasteiger charge is -2.08. The van der Waals surface area contributed by atoms with Crippen molar-refractivity contribution in [3.8, 4) is 11.1 Å². The topological polar surface area (TPSA) is 63.3 Å². The van der Waals surface area contributed by atoms with Crippen LogP contribution in [-0.2, 0) is 0 Å². The highest BCUT2D eigenvalue weighted by molar-refractivity contribution is 5.97. The highest BCUT2D eigenvalue weighted by Crippen LogP contribution is 2.26. The van der Waals surface area contributed by atoms with Gasteiger partial charge in [0.1, 0.15) is 0 Å². The van der Waals surface area contributed by atoms with E-state index in [9.17, 15) is 4.79 Å². The van der Waals surface area contributed by atoms with E-state index in [4.69, 9.17) is 10.8 Å². The van der Waals surface area contributed by atoms with Gasteiger partial charge in [-0.3, -0.25) is 0 Å². The van der Waals surface area contributed by atoms with Crippen molar-refractivity contribution in [2.75, 3.05) is 5.73 Å². The number of carboxylic acids is 1. The van der Waals surface area contributed by atoms with Crippen LogP contribution >= 0.6 is 0 Å². The summed E-state index contributed by atoms with van der Waals surface area (Å²) >= 11 is 0. The van der Waals surface area contributed by atoms with E-state index in [0.717, 1.165) is 11.1 Å². The van der Waals surface area contributed by atoms with E-state index in [1.54, 1.807) is 12.1 Å². The summed E-state index contributed by atoms with van der Waals surface area (Å²) in [6, 6.07) is 12.7. The molecule has 2 rings (SSSR count). The van der Waals surface area contributed by atoms with Gasteiger partial charge in [-0.05, 0) is 30.2 Å². The van der Waals surface area contributed by atoms with Crippen LogP contribution in [0.4, 0.5) is 5.69 Å². The number of nitrogen functional groups attached to an aromatic ring is 1. The van der Waals surface area contributed by atoms with Crippen LogP contribution in [0.2, 0.25) is 0 Å². The number of aryl methyl sites for hydroxylation is 1. The predicted octanol–water partition coefficient (Wildman–Crippen LogP) is 2.94. The van der Waals surface area contributed by atoms with Crippen molar-refractivity contribution in [2.45, 2.75) is 6.92 Å². The summed E-state index contributed by atoms with van der Waals surface area (Å²) in [6.07, 6.45) is 0. The molecule has 17 heavy (non-hydrogen) atoms. The van der Waals surface area contributed by atoms with Gasteiger partial charge in [-0.15, -0.1) is 0 Å². The average Bonchev–Trinajstić information content (AvgIpc) is 2.28. The Bertz CT molecular complexity index is 576. The Hall–Kier alpha value is -2.29. The van der Waals surface area contributed by atoms with E-state index in [2.05, 4.69) is 0 Å². The molecule has 0 bridgehead atoms. The second-order valence-corrected chi connectivity index (χ2v) is 3.98. The number of carbonyl (C=O) groups is 1. The van der Waals surface area contributed by atoms with E-state index in [0.29, 0.717) is 11.3 Å². The fourth-order valence-corrected chi connectivity index (χ4v) is 1.80. The van der Waals surface area contributed by atoms with Gasteiger partial charge in [0.2, 0.25) is 0 Å². The molecular formula is C14H13NO2. The van der Waals surface area contributed by atoms with E-state index in [1.165, 1.54) is 6.07 Å². The smallest absolute Gasteiger partial charge is 0.336 e. The molecule has 0 amide bonds. The largest absolute Gasteiger partial charge is 0.478 e. The van der Waals surface area contributed by atoms with Gasteiger partial charge in [0.25, 0.3) is 0 Å². The third-order valence-electron chi connectivity index (χ3n) is 2.60. The average molecular weight is 227 g/mol. The van der Waals surface area contributed by atoms with Crippen LogP contribution in [0, 0.1) is 6.92 Å². The van der Waals surface area contributed by atoms with Gasteiger partial charge in [0.15, 0.2) is 0 Å². The van der Waals surface area contributed by atoms with Gasteiger partial charge in [-0.2, -0.15) is 0 Å². The number of nitrogens with two attached hydrogens (primary N) is 1. The quantitative estimate of drug-likeness (QED) is 0.775. The standard InChI is InChI=1S/C14H13NO2/c1-9-3-2-4-10(7-9)12-6-5-11(15)8-13(12)14(16)17/h2-8H,15H2,1H3,(H,16,17). The molecule has 0 radical (unpaired) electrons. The molecular weight excluding hydrogens is 214 g/mol. The molecule has 0 saturated heterocycles. The number of benzene rings is 2. The summed E-state index contributed by atoms with van der Waals surface area (Å²) < 4.78 is 0.